The molecule has 0 aliphatic carbocycles. The number of phosphoric acid groups is 2. The van der Waals surface area contributed by atoms with Crippen LogP contribution in [-0.4, -0.2) is 96.7 Å². The second-order valence-electron chi connectivity index (χ2n) is 25.0. The van der Waals surface area contributed by atoms with E-state index in [1.165, 1.54) is 154 Å². The average molecular weight is 1280 g/mol. The standard InChI is InChI=1S/C68H132O17P2/c1-6-9-12-15-18-21-22-23-24-25-26-27-28-29-30-31-32-33-38-44-49-54-68(73)85-64(58-79-66(71)52-47-42-39-34-35-40-45-50-61(4)5)60-83-87(76,77)81-56-62(69)55-80-86(74,75)82-59-63(84-67(72)53-48-43-37-20-17-14-11-8-3)57-78-65(70)51-46-41-36-19-16-13-10-7-2/h61-64,69H,6-60H2,1-5H3,(H,74,75)(H,76,77)/t62-,63+,64+/m0/s1. The third kappa shape index (κ3) is 62.6. The Bertz CT molecular complexity index is 1690. The lowest BCUT2D eigenvalue weighted by molar-refractivity contribution is -0.161. The van der Waals surface area contributed by atoms with Gasteiger partial charge in [0, 0.05) is 25.7 Å². The van der Waals surface area contributed by atoms with Crippen LogP contribution in [0.1, 0.15) is 349 Å². The molecule has 5 atom stereocenters. The largest absolute Gasteiger partial charge is 0.472 e. The zero-order valence-corrected chi connectivity index (χ0v) is 57.9. The maximum atomic E-state index is 13.0. The summed E-state index contributed by atoms with van der Waals surface area (Å²) in [6.45, 7) is 7.11. The zero-order chi connectivity index (χ0) is 64.2. The van der Waals surface area contributed by atoms with Crippen LogP contribution in [0.3, 0.4) is 0 Å². The first-order valence-electron chi connectivity index (χ1n) is 35.6. The van der Waals surface area contributed by atoms with Gasteiger partial charge in [-0.25, -0.2) is 9.13 Å². The number of aliphatic hydroxyl groups excluding tert-OH is 1. The van der Waals surface area contributed by atoms with Gasteiger partial charge in [-0.3, -0.25) is 37.3 Å². The maximum Gasteiger partial charge on any atom is 0.472 e. The van der Waals surface area contributed by atoms with Gasteiger partial charge in [-0.1, -0.05) is 298 Å². The number of ether oxygens (including phenoxy) is 4. The van der Waals surface area contributed by atoms with E-state index in [1.54, 1.807) is 0 Å². The Morgan fingerprint density at radius 3 is 0.782 bits per heavy atom. The van der Waals surface area contributed by atoms with E-state index in [0.717, 1.165) is 109 Å². The predicted octanol–water partition coefficient (Wildman–Crippen LogP) is 19.4. The van der Waals surface area contributed by atoms with Gasteiger partial charge in [0.15, 0.2) is 12.2 Å². The van der Waals surface area contributed by atoms with Crippen LogP contribution in [0.4, 0.5) is 0 Å². The highest BCUT2D eigenvalue weighted by atomic mass is 31.2. The van der Waals surface area contributed by atoms with Crippen LogP contribution in [0.25, 0.3) is 0 Å². The van der Waals surface area contributed by atoms with Crippen LogP contribution in [0.2, 0.25) is 0 Å². The summed E-state index contributed by atoms with van der Waals surface area (Å²) in [4.78, 5) is 72.2. The molecule has 19 heteroatoms. The molecule has 0 heterocycles. The highest BCUT2D eigenvalue weighted by molar-refractivity contribution is 7.47. The Hall–Kier alpha value is -1.94. The van der Waals surface area contributed by atoms with Crippen LogP contribution in [-0.2, 0) is 65.4 Å². The molecule has 0 spiro atoms. The van der Waals surface area contributed by atoms with Gasteiger partial charge >= 0.3 is 39.5 Å². The third-order valence-electron chi connectivity index (χ3n) is 15.8. The summed E-state index contributed by atoms with van der Waals surface area (Å²) in [7, 11) is -9.88. The Morgan fingerprint density at radius 1 is 0.310 bits per heavy atom. The van der Waals surface area contributed by atoms with E-state index in [1.807, 2.05) is 0 Å². The quantitative estimate of drug-likeness (QED) is 0.0222. The molecule has 0 aromatic rings. The van der Waals surface area contributed by atoms with Crippen LogP contribution in [0.15, 0.2) is 0 Å². The van der Waals surface area contributed by atoms with E-state index >= 15 is 0 Å². The molecule has 0 fully saturated rings. The normalized spacial score (nSPS) is 14.1. The highest BCUT2D eigenvalue weighted by Crippen LogP contribution is 2.45. The average Bonchev–Trinajstić information content (AvgIpc) is 3.70. The van der Waals surface area contributed by atoms with Gasteiger partial charge in [0.2, 0.25) is 0 Å². The molecule has 2 unspecified atom stereocenters. The van der Waals surface area contributed by atoms with Crippen molar-refractivity contribution in [3.63, 3.8) is 0 Å². The highest BCUT2D eigenvalue weighted by Gasteiger charge is 2.30. The van der Waals surface area contributed by atoms with Crippen molar-refractivity contribution in [3.8, 4) is 0 Å². The number of aliphatic hydroxyl groups is 1. The summed E-state index contributed by atoms with van der Waals surface area (Å²) in [6.07, 6.45) is 47.6. The van der Waals surface area contributed by atoms with E-state index in [4.69, 9.17) is 37.0 Å². The first kappa shape index (κ1) is 85.1. The van der Waals surface area contributed by atoms with Crippen LogP contribution in [0, 0.1) is 5.92 Å². The van der Waals surface area contributed by atoms with Gasteiger partial charge in [0.1, 0.15) is 19.3 Å². The number of esters is 4. The fourth-order valence-corrected chi connectivity index (χ4v) is 11.9. The molecular formula is C68H132O17P2. The van der Waals surface area contributed by atoms with Gasteiger partial charge in [0.05, 0.1) is 26.4 Å². The number of carbonyl (C=O) groups excluding carboxylic acids is 4. The van der Waals surface area contributed by atoms with E-state index in [2.05, 4.69) is 34.6 Å². The smallest absolute Gasteiger partial charge is 0.462 e. The molecule has 0 rings (SSSR count). The zero-order valence-electron chi connectivity index (χ0n) is 56.2. The molecular weight excluding hydrogens is 1150 g/mol. The maximum absolute atomic E-state index is 13.0. The topological polar surface area (TPSA) is 237 Å². The molecule has 0 aliphatic rings. The van der Waals surface area contributed by atoms with Crippen molar-refractivity contribution in [3.05, 3.63) is 0 Å². The van der Waals surface area contributed by atoms with Crippen molar-refractivity contribution >= 4 is 39.5 Å². The van der Waals surface area contributed by atoms with Crippen LogP contribution in [0.5, 0.6) is 0 Å². The molecule has 0 aliphatic heterocycles. The molecule has 17 nitrogen and oxygen atoms in total. The summed E-state index contributed by atoms with van der Waals surface area (Å²) < 4.78 is 68.0. The minimum atomic E-state index is -4.95. The third-order valence-corrected chi connectivity index (χ3v) is 17.7. The minimum Gasteiger partial charge on any atom is -0.462 e. The van der Waals surface area contributed by atoms with E-state index in [0.29, 0.717) is 31.6 Å². The van der Waals surface area contributed by atoms with Crippen molar-refractivity contribution in [1.82, 2.24) is 0 Å². The second-order valence-corrected chi connectivity index (χ2v) is 27.9. The van der Waals surface area contributed by atoms with Gasteiger partial charge in [-0.15, -0.1) is 0 Å². The molecule has 0 saturated heterocycles. The molecule has 516 valence electrons. The lowest BCUT2D eigenvalue weighted by atomic mass is 10.0. The number of rotatable bonds is 68. The van der Waals surface area contributed by atoms with E-state index in [-0.39, 0.29) is 25.7 Å². The fourth-order valence-electron chi connectivity index (χ4n) is 10.3. The molecule has 0 bridgehead atoms. The first-order valence-corrected chi connectivity index (χ1v) is 38.6. The summed E-state index contributed by atoms with van der Waals surface area (Å²) in [6, 6.07) is 0. The first-order chi connectivity index (χ1) is 42.0. The summed E-state index contributed by atoms with van der Waals surface area (Å²) in [5.74, 6) is -1.43. The van der Waals surface area contributed by atoms with Crippen LogP contribution < -0.4 is 0 Å². The molecule has 3 N–H and O–H groups in total. The van der Waals surface area contributed by atoms with Crippen molar-refractivity contribution < 1.29 is 80.2 Å². The molecule has 0 aromatic heterocycles. The molecule has 87 heavy (non-hydrogen) atoms. The second kappa shape index (κ2) is 61.6. The number of hydrogen-bond donors (Lipinski definition) is 3. The summed E-state index contributed by atoms with van der Waals surface area (Å²) in [5.41, 5.74) is 0. The van der Waals surface area contributed by atoms with Gasteiger partial charge in [-0.05, 0) is 31.6 Å². The van der Waals surface area contributed by atoms with E-state index in [9.17, 15) is 43.2 Å². The lowest BCUT2D eigenvalue weighted by Crippen LogP contribution is -2.30. The summed E-state index contributed by atoms with van der Waals surface area (Å²) >= 11 is 0. The minimum absolute atomic E-state index is 0.105. The molecule has 0 radical (unpaired) electrons. The van der Waals surface area contributed by atoms with Gasteiger partial charge < -0.3 is 33.8 Å². The Labute approximate surface area is 530 Å². The van der Waals surface area contributed by atoms with Gasteiger partial charge in [0.25, 0.3) is 0 Å². The van der Waals surface area contributed by atoms with Crippen molar-refractivity contribution in [1.29, 1.82) is 0 Å². The Balaban J connectivity index is 5.10. The molecule has 0 amide bonds. The number of carbonyl (C=O) groups is 4. The fraction of sp³-hybridized carbons (Fsp3) is 0.941. The molecule has 0 aromatic carbocycles. The number of hydrogen-bond acceptors (Lipinski definition) is 15. The molecule has 0 saturated carbocycles. The van der Waals surface area contributed by atoms with E-state index < -0.39 is 97.5 Å². The summed E-state index contributed by atoms with van der Waals surface area (Å²) in [5, 5.41) is 10.5. The predicted molar refractivity (Wildman–Crippen MR) is 349 cm³/mol. The SMILES string of the molecule is CCCCCCCCCCCCCCCCCCCCCCCC(=O)O[C@H](COC(=O)CCCCCCCCCC(C)C)COP(=O)(O)OC[C@@H](O)COP(=O)(O)OC[C@@H](COC(=O)CCCCCCCCCC)OC(=O)CCCCCCCCCC. The number of unbranched alkanes of at least 4 members (excludes halogenated alkanes) is 40. The lowest BCUT2D eigenvalue weighted by Gasteiger charge is -2.21. The Morgan fingerprint density at radius 2 is 0.529 bits per heavy atom. The van der Waals surface area contributed by atoms with Crippen molar-refractivity contribution in [2.45, 2.75) is 368 Å². The number of phosphoric ester groups is 2. The Kier molecular flexibility index (Phi) is 60.2. The monoisotopic (exact) mass is 1280 g/mol. The van der Waals surface area contributed by atoms with Crippen molar-refractivity contribution in [2.24, 2.45) is 5.92 Å². The van der Waals surface area contributed by atoms with Crippen LogP contribution >= 0.6 is 15.6 Å². The van der Waals surface area contributed by atoms with Crippen molar-refractivity contribution in [2.75, 3.05) is 39.6 Å². The van der Waals surface area contributed by atoms with Gasteiger partial charge in [-0.2, -0.15) is 0 Å².